The first-order valence-electron chi connectivity index (χ1n) is 6.57. The maximum Gasteiger partial charge on any atom is 0.0483 e. The summed E-state index contributed by atoms with van der Waals surface area (Å²) in [5.41, 5.74) is 2.67. The normalized spacial score (nSPS) is 11.2. The summed E-state index contributed by atoms with van der Waals surface area (Å²) in [6.07, 6.45) is 3.25. The van der Waals surface area contributed by atoms with Crippen LogP contribution in [0.5, 0.6) is 0 Å². The lowest BCUT2D eigenvalue weighted by Gasteiger charge is -2.07. The fourth-order valence-electron chi connectivity index (χ4n) is 2.24. The van der Waals surface area contributed by atoms with Crippen LogP contribution in [0.1, 0.15) is 12.0 Å². The summed E-state index contributed by atoms with van der Waals surface area (Å²) >= 11 is 0. The van der Waals surface area contributed by atoms with E-state index in [4.69, 9.17) is 4.74 Å². The summed E-state index contributed by atoms with van der Waals surface area (Å²) in [6, 6.07) is 8.68. The number of aryl methyl sites for hydroxylation is 1. The summed E-state index contributed by atoms with van der Waals surface area (Å²) in [5, 5.41) is 4.80. The molecule has 0 aliphatic rings. The Balaban J connectivity index is 1.86. The van der Waals surface area contributed by atoms with E-state index in [0.29, 0.717) is 0 Å². The van der Waals surface area contributed by atoms with Crippen LogP contribution in [-0.2, 0) is 11.3 Å². The van der Waals surface area contributed by atoms with Gasteiger partial charge >= 0.3 is 0 Å². The molecular formula is C15H22N2O. The fourth-order valence-corrected chi connectivity index (χ4v) is 2.24. The molecule has 0 saturated carbocycles. The van der Waals surface area contributed by atoms with E-state index in [2.05, 4.69) is 47.3 Å². The summed E-state index contributed by atoms with van der Waals surface area (Å²) in [6.45, 7) is 6.03. The molecule has 1 aromatic heterocycles. The van der Waals surface area contributed by atoms with Crippen LogP contribution in [0.2, 0.25) is 0 Å². The first kappa shape index (κ1) is 13.1. The second-order valence-corrected chi connectivity index (χ2v) is 4.61. The molecule has 0 saturated heterocycles. The Labute approximate surface area is 109 Å². The van der Waals surface area contributed by atoms with Crippen molar-refractivity contribution < 1.29 is 4.74 Å². The quantitative estimate of drug-likeness (QED) is 0.760. The molecule has 3 nitrogen and oxygen atoms in total. The highest BCUT2D eigenvalue weighted by atomic mass is 16.5. The third-order valence-electron chi connectivity index (χ3n) is 3.26. The Morgan fingerprint density at radius 1 is 1.22 bits per heavy atom. The van der Waals surface area contributed by atoms with Gasteiger partial charge in [0, 0.05) is 43.9 Å². The van der Waals surface area contributed by atoms with Gasteiger partial charge in [-0.1, -0.05) is 12.1 Å². The van der Waals surface area contributed by atoms with Crippen molar-refractivity contribution in [3.63, 3.8) is 0 Å². The van der Waals surface area contributed by atoms with E-state index in [9.17, 15) is 0 Å². The highest BCUT2D eigenvalue weighted by molar-refractivity contribution is 5.83. The van der Waals surface area contributed by atoms with Crippen molar-refractivity contribution >= 4 is 10.9 Å². The SMILES string of the molecule is COCCCNCCn1ccc2c(C)cccc21. The number of aromatic nitrogens is 1. The van der Waals surface area contributed by atoms with Gasteiger partial charge in [0.15, 0.2) is 0 Å². The molecule has 0 radical (unpaired) electrons. The van der Waals surface area contributed by atoms with Gasteiger partial charge in [-0.25, -0.2) is 0 Å². The number of ether oxygens (including phenoxy) is 1. The summed E-state index contributed by atoms with van der Waals surface area (Å²) in [4.78, 5) is 0. The average Bonchev–Trinajstić information content (AvgIpc) is 2.79. The first-order chi connectivity index (χ1) is 8.83. The molecule has 0 aliphatic carbocycles. The van der Waals surface area contributed by atoms with E-state index in [1.165, 1.54) is 16.5 Å². The van der Waals surface area contributed by atoms with Gasteiger partial charge in [-0.2, -0.15) is 0 Å². The van der Waals surface area contributed by atoms with E-state index in [-0.39, 0.29) is 0 Å². The van der Waals surface area contributed by atoms with Crippen molar-refractivity contribution in [2.24, 2.45) is 0 Å². The zero-order valence-corrected chi connectivity index (χ0v) is 11.3. The summed E-state index contributed by atoms with van der Waals surface area (Å²) < 4.78 is 7.33. The zero-order chi connectivity index (χ0) is 12.8. The molecule has 0 bridgehead atoms. The molecule has 98 valence electrons. The maximum atomic E-state index is 5.02. The van der Waals surface area contributed by atoms with Crippen LogP contribution in [-0.4, -0.2) is 31.4 Å². The van der Waals surface area contributed by atoms with Crippen molar-refractivity contribution in [1.82, 2.24) is 9.88 Å². The Morgan fingerprint density at radius 2 is 2.11 bits per heavy atom. The van der Waals surface area contributed by atoms with E-state index in [1.807, 2.05) is 0 Å². The first-order valence-corrected chi connectivity index (χ1v) is 6.57. The lowest BCUT2D eigenvalue weighted by Crippen LogP contribution is -2.21. The molecule has 2 rings (SSSR count). The van der Waals surface area contributed by atoms with Gasteiger partial charge < -0.3 is 14.6 Å². The van der Waals surface area contributed by atoms with Crippen LogP contribution < -0.4 is 5.32 Å². The number of benzene rings is 1. The van der Waals surface area contributed by atoms with E-state index in [0.717, 1.165) is 32.7 Å². The predicted octanol–water partition coefficient (Wildman–Crippen LogP) is 2.58. The summed E-state index contributed by atoms with van der Waals surface area (Å²) in [7, 11) is 1.74. The van der Waals surface area contributed by atoms with Crippen molar-refractivity contribution in [2.75, 3.05) is 26.8 Å². The number of methoxy groups -OCH3 is 1. The van der Waals surface area contributed by atoms with Gasteiger partial charge in [0.1, 0.15) is 0 Å². The predicted molar refractivity (Wildman–Crippen MR) is 76.0 cm³/mol. The molecule has 1 N–H and O–H groups in total. The van der Waals surface area contributed by atoms with E-state index >= 15 is 0 Å². The van der Waals surface area contributed by atoms with E-state index in [1.54, 1.807) is 7.11 Å². The van der Waals surface area contributed by atoms with Gasteiger partial charge in [-0.3, -0.25) is 0 Å². The van der Waals surface area contributed by atoms with Crippen molar-refractivity contribution in [1.29, 1.82) is 0 Å². The van der Waals surface area contributed by atoms with Crippen molar-refractivity contribution in [2.45, 2.75) is 19.9 Å². The van der Waals surface area contributed by atoms with Gasteiger partial charge in [-0.05, 0) is 37.6 Å². The average molecular weight is 246 g/mol. The third-order valence-corrected chi connectivity index (χ3v) is 3.26. The van der Waals surface area contributed by atoms with Crippen molar-refractivity contribution in [3.8, 4) is 0 Å². The third kappa shape index (κ3) is 3.12. The van der Waals surface area contributed by atoms with Crippen LogP contribution in [0.25, 0.3) is 10.9 Å². The minimum absolute atomic E-state index is 0.832. The molecule has 1 heterocycles. The Kier molecular flexibility index (Phi) is 4.79. The number of rotatable bonds is 7. The number of fused-ring (bicyclic) bond motifs is 1. The van der Waals surface area contributed by atoms with Gasteiger partial charge in [0.2, 0.25) is 0 Å². The molecule has 0 spiro atoms. The lowest BCUT2D eigenvalue weighted by molar-refractivity contribution is 0.194. The highest BCUT2D eigenvalue weighted by Crippen LogP contribution is 2.19. The monoisotopic (exact) mass is 246 g/mol. The molecule has 0 unspecified atom stereocenters. The van der Waals surface area contributed by atoms with Crippen molar-refractivity contribution in [3.05, 3.63) is 36.0 Å². The van der Waals surface area contributed by atoms with Crippen LogP contribution in [0.4, 0.5) is 0 Å². The highest BCUT2D eigenvalue weighted by Gasteiger charge is 2.01. The standard InChI is InChI=1S/C15H22N2O/c1-13-5-3-6-15-14(13)7-10-17(15)11-9-16-8-4-12-18-2/h3,5-7,10,16H,4,8-9,11-12H2,1-2H3. The minimum Gasteiger partial charge on any atom is -0.385 e. The lowest BCUT2D eigenvalue weighted by atomic mass is 10.1. The molecule has 3 heteroatoms. The molecule has 1 aromatic carbocycles. The molecule has 0 amide bonds. The second kappa shape index (κ2) is 6.57. The number of nitrogens with one attached hydrogen (secondary N) is 1. The van der Waals surface area contributed by atoms with Crippen LogP contribution in [0, 0.1) is 6.92 Å². The Morgan fingerprint density at radius 3 is 2.94 bits per heavy atom. The number of nitrogens with zero attached hydrogens (tertiary/aromatic N) is 1. The molecule has 0 fully saturated rings. The molecule has 18 heavy (non-hydrogen) atoms. The molecule has 0 aliphatic heterocycles. The van der Waals surface area contributed by atoms with Crippen LogP contribution >= 0.6 is 0 Å². The zero-order valence-electron chi connectivity index (χ0n) is 11.3. The van der Waals surface area contributed by atoms with Gasteiger partial charge in [0.05, 0.1) is 0 Å². The summed E-state index contributed by atoms with van der Waals surface area (Å²) in [5.74, 6) is 0. The Hall–Kier alpha value is -1.32. The van der Waals surface area contributed by atoms with Gasteiger partial charge in [0.25, 0.3) is 0 Å². The molecular weight excluding hydrogens is 224 g/mol. The van der Waals surface area contributed by atoms with E-state index < -0.39 is 0 Å². The number of hydrogen-bond donors (Lipinski definition) is 1. The van der Waals surface area contributed by atoms with Gasteiger partial charge in [-0.15, -0.1) is 0 Å². The smallest absolute Gasteiger partial charge is 0.0483 e. The van der Waals surface area contributed by atoms with Crippen LogP contribution in [0.15, 0.2) is 30.5 Å². The largest absolute Gasteiger partial charge is 0.385 e. The fraction of sp³-hybridized carbons (Fsp3) is 0.467. The Bertz CT molecular complexity index is 490. The van der Waals surface area contributed by atoms with Crippen LogP contribution in [0.3, 0.4) is 0 Å². The molecule has 2 aromatic rings. The molecule has 0 atom stereocenters. The minimum atomic E-state index is 0.832. The topological polar surface area (TPSA) is 26.2 Å². The maximum absolute atomic E-state index is 5.02. The number of hydrogen-bond acceptors (Lipinski definition) is 2. The second-order valence-electron chi connectivity index (χ2n) is 4.61.